The second-order valence-electron chi connectivity index (χ2n) is 4.64. The van der Waals surface area contributed by atoms with E-state index in [-0.39, 0.29) is 34.9 Å². The van der Waals surface area contributed by atoms with Crippen LogP contribution in [0.5, 0.6) is 0 Å². The van der Waals surface area contributed by atoms with Crippen LogP contribution >= 0.6 is 23.2 Å². The van der Waals surface area contributed by atoms with E-state index in [0.29, 0.717) is 12.5 Å². The summed E-state index contributed by atoms with van der Waals surface area (Å²) in [6.45, 7) is 4.91. The van der Waals surface area contributed by atoms with Gasteiger partial charge in [0.15, 0.2) is 0 Å². The summed E-state index contributed by atoms with van der Waals surface area (Å²) >= 11 is 11.4. The fourth-order valence-electron chi connectivity index (χ4n) is 1.33. The molecule has 0 aliphatic heterocycles. The minimum absolute atomic E-state index is 0.102. The normalized spacial score (nSPS) is 12.7. The van der Waals surface area contributed by atoms with Crippen molar-refractivity contribution in [2.45, 2.75) is 20.0 Å². The molecule has 3 N–H and O–H groups in total. The third kappa shape index (κ3) is 5.82. The molecule has 108 valence electrons. The molecule has 0 aromatic carbocycles. The summed E-state index contributed by atoms with van der Waals surface area (Å²) in [6, 6.07) is 1.43. The average molecular weight is 309 g/mol. The Hall–Kier alpha value is -0.750. The Labute approximate surface area is 122 Å². The summed E-state index contributed by atoms with van der Waals surface area (Å²) in [4.78, 5) is 14.3. The minimum atomic E-state index is -0.747. The van der Waals surface area contributed by atoms with Crippen LogP contribution in [0.1, 0.15) is 24.3 Å². The molecule has 1 unspecified atom stereocenters. The number of H-pyrrole nitrogens is 1. The Morgan fingerprint density at radius 1 is 1.47 bits per heavy atom. The standard InChI is InChI=1S/C12H18Cl2N2O3/c1-7(2)5-19-6-8(17)4-15-12(18)10-3-9(13)11(14)16-10/h3,7-8,16-17H,4-6H2,1-2H3,(H,15,18). The van der Waals surface area contributed by atoms with Gasteiger partial charge in [0, 0.05) is 13.2 Å². The predicted molar refractivity (Wildman–Crippen MR) is 74.8 cm³/mol. The second kappa shape index (κ2) is 7.75. The predicted octanol–water partition coefficient (Wildman–Crippen LogP) is 2.08. The first-order valence-corrected chi connectivity index (χ1v) is 6.73. The Morgan fingerprint density at radius 3 is 2.68 bits per heavy atom. The lowest BCUT2D eigenvalue weighted by molar-refractivity contribution is 0.0259. The molecule has 1 amide bonds. The number of aromatic nitrogens is 1. The molecule has 0 saturated heterocycles. The van der Waals surface area contributed by atoms with Crippen molar-refractivity contribution in [3.63, 3.8) is 0 Å². The number of aromatic amines is 1. The summed E-state index contributed by atoms with van der Waals surface area (Å²) in [6.07, 6.45) is -0.747. The topological polar surface area (TPSA) is 74.3 Å². The van der Waals surface area contributed by atoms with Crippen LogP contribution in [0.2, 0.25) is 10.2 Å². The summed E-state index contributed by atoms with van der Waals surface area (Å²) in [5, 5.41) is 12.7. The Morgan fingerprint density at radius 2 is 2.16 bits per heavy atom. The molecule has 1 heterocycles. The first kappa shape index (κ1) is 16.3. The van der Waals surface area contributed by atoms with E-state index < -0.39 is 6.10 Å². The third-order valence-corrected chi connectivity index (χ3v) is 2.92. The van der Waals surface area contributed by atoms with Gasteiger partial charge >= 0.3 is 0 Å². The van der Waals surface area contributed by atoms with Gasteiger partial charge < -0.3 is 20.1 Å². The molecule has 0 radical (unpaired) electrons. The van der Waals surface area contributed by atoms with Gasteiger partial charge in [0.25, 0.3) is 5.91 Å². The maximum Gasteiger partial charge on any atom is 0.267 e. The maximum atomic E-state index is 11.7. The smallest absolute Gasteiger partial charge is 0.267 e. The number of carbonyl (C=O) groups is 1. The molecule has 1 rings (SSSR count). The zero-order valence-corrected chi connectivity index (χ0v) is 12.4. The van der Waals surface area contributed by atoms with Crippen LogP contribution in [-0.4, -0.2) is 41.9 Å². The molecule has 1 aromatic heterocycles. The number of carbonyl (C=O) groups excluding carboxylic acids is 1. The lowest BCUT2D eigenvalue weighted by atomic mass is 10.2. The highest BCUT2D eigenvalue weighted by atomic mass is 35.5. The van der Waals surface area contributed by atoms with Crippen molar-refractivity contribution in [3.05, 3.63) is 21.9 Å². The molecule has 1 atom stereocenters. The summed E-state index contributed by atoms with van der Waals surface area (Å²) < 4.78 is 5.27. The minimum Gasteiger partial charge on any atom is -0.389 e. The number of ether oxygens (including phenoxy) is 1. The van der Waals surface area contributed by atoms with Crippen molar-refractivity contribution in [3.8, 4) is 0 Å². The number of rotatable bonds is 7. The fraction of sp³-hybridized carbons (Fsp3) is 0.583. The van der Waals surface area contributed by atoms with E-state index >= 15 is 0 Å². The van der Waals surface area contributed by atoms with Crippen LogP contribution in [0, 0.1) is 5.92 Å². The first-order chi connectivity index (χ1) is 8.90. The highest BCUT2D eigenvalue weighted by molar-refractivity contribution is 6.41. The Balaban J connectivity index is 2.30. The molecule has 0 bridgehead atoms. The summed E-state index contributed by atoms with van der Waals surface area (Å²) in [5.41, 5.74) is 0.255. The second-order valence-corrected chi connectivity index (χ2v) is 5.43. The van der Waals surface area contributed by atoms with E-state index in [4.69, 9.17) is 27.9 Å². The van der Waals surface area contributed by atoms with Crippen LogP contribution in [0.4, 0.5) is 0 Å². The highest BCUT2D eigenvalue weighted by Crippen LogP contribution is 2.21. The molecule has 0 aliphatic rings. The van der Waals surface area contributed by atoms with E-state index in [2.05, 4.69) is 10.3 Å². The van der Waals surface area contributed by atoms with Crippen LogP contribution in [0.25, 0.3) is 0 Å². The van der Waals surface area contributed by atoms with Gasteiger partial charge in [-0.1, -0.05) is 37.0 Å². The van der Waals surface area contributed by atoms with Crippen molar-refractivity contribution >= 4 is 29.1 Å². The number of nitrogens with one attached hydrogen (secondary N) is 2. The molecule has 0 spiro atoms. The molecular formula is C12H18Cl2N2O3. The zero-order valence-electron chi connectivity index (χ0n) is 10.9. The zero-order chi connectivity index (χ0) is 14.4. The summed E-state index contributed by atoms with van der Waals surface area (Å²) in [5.74, 6) is 0.0294. The SMILES string of the molecule is CC(C)COCC(O)CNC(=O)c1cc(Cl)c(Cl)[nH]1. The number of aliphatic hydroxyl groups excluding tert-OH is 1. The van der Waals surface area contributed by atoms with Gasteiger partial charge in [-0.25, -0.2) is 0 Å². The van der Waals surface area contributed by atoms with Crippen molar-refractivity contribution in [2.75, 3.05) is 19.8 Å². The number of halogens is 2. The average Bonchev–Trinajstić information content (AvgIpc) is 2.66. The van der Waals surface area contributed by atoms with Crippen LogP contribution in [0.15, 0.2) is 6.07 Å². The van der Waals surface area contributed by atoms with Gasteiger partial charge in [-0.15, -0.1) is 0 Å². The largest absolute Gasteiger partial charge is 0.389 e. The molecule has 5 nitrogen and oxygen atoms in total. The number of hydrogen-bond donors (Lipinski definition) is 3. The van der Waals surface area contributed by atoms with Crippen molar-refractivity contribution in [1.29, 1.82) is 0 Å². The molecular weight excluding hydrogens is 291 g/mol. The quantitative estimate of drug-likeness (QED) is 0.722. The van der Waals surface area contributed by atoms with Gasteiger partial charge in [0.1, 0.15) is 10.8 Å². The highest BCUT2D eigenvalue weighted by Gasteiger charge is 2.13. The van der Waals surface area contributed by atoms with E-state index in [1.165, 1.54) is 6.07 Å². The van der Waals surface area contributed by atoms with E-state index in [1.807, 2.05) is 13.8 Å². The number of hydrogen-bond acceptors (Lipinski definition) is 3. The third-order valence-electron chi connectivity index (χ3n) is 2.23. The molecule has 1 aromatic rings. The van der Waals surface area contributed by atoms with Crippen LogP contribution in [-0.2, 0) is 4.74 Å². The molecule has 19 heavy (non-hydrogen) atoms. The lowest BCUT2D eigenvalue weighted by Gasteiger charge is -2.13. The first-order valence-electron chi connectivity index (χ1n) is 5.98. The van der Waals surface area contributed by atoms with Crippen LogP contribution in [0.3, 0.4) is 0 Å². The molecule has 7 heteroatoms. The number of amides is 1. The van der Waals surface area contributed by atoms with Gasteiger partial charge in [-0.3, -0.25) is 4.79 Å². The fourth-order valence-corrected chi connectivity index (χ4v) is 1.64. The van der Waals surface area contributed by atoms with E-state index in [1.54, 1.807) is 0 Å². The summed E-state index contributed by atoms with van der Waals surface area (Å²) in [7, 11) is 0. The molecule has 0 saturated carbocycles. The molecule has 0 aliphatic carbocycles. The monoisotopic (exact) mass is 308 g/mol. The van der Waals surface area contributed by atoms with Gasteiger partial charge in [-0.2, -0.15) is 0 Å². The molecule has 0 fully saturated rings. The maximum absolute atomic E-state index is 11.7. The van der Waals surface area contributed by atoms with Gasteiger partial charge in [0.2, 0.25) is 0 Å². The van der Waals surface area contributed by atoms with Gasteiger partial charge in [-0.05, 0) is 12.0 Å². The van der Waals surface area contributed by atoms with Crippen molar-refractivity contribution < 1.29 is 14.6 Å². The Bertz CT molecular complexity index is 402. The van der Waals surface area contributed by atoms with E-state index in [9.17, 15) is 9.90 Å². The van der Waals surface area contributed by atoms with Crippen LogP contribution < -0.4 is 5.32 Å². The van der Waals surface area contributed by atoms with Gasteiger partial charge in [0.05, 0.1) is 17.7 Å². The number of aliphatic hydroxyl groups is 1. The van der Waals surface area contributed by atoms with E-state index in [0.717, 1.165) is 0 Å². The Kier molecular flexibility index (Phi) is 6.65. The lowest BCUT2D eigenvalue weighted by Crippen LogP contribution is -2.35. The van der Waals surface area contributed by atoms with Crippen molar-refractivity contribution in [2.24, 2.45) is 5.92 Å². The van der Waals surface area contributed by atoms with Crippen molar-refractivity contribution in [1.82, 2.24) is 10.3 Å².